The molecule has 0 radical (unpaired) electrons. The SMILES string of the molecule is CC(O)(Cc1ccc(F)c(Cl)c1)C1CCCNC1. The molecule has 0 amide bonds. The van der Waals surface area contributed by atoms with Crippen molar-refractivity contribution in [1.29, 1.82) is 0 Å². The molecule has 1 fully saturated rings. The fourth-order valence-corrected chi connectivity index (χ4v) is 2.79. The number of aliphatic hydroxyl groups is 1. The van der Waals surface area contributed by atoms with Crippen LogP contribution in [0.3, 0.4) is 0 Å². The predicted molar refractivity (Wildman–Crippen MR) is 71.3 cm³/mol. The molecule has 1 heterocycles. The molecule has 100 valence electrons. The Labute approximate surface area is 112 Å². The Morgan fingerprint density at radius 1 is 1.56 bits per heavy atom. The van der Waals surface area contributed by atoms with E-state index in [0.29, 0.717) is 6.42 Å². The smallest absolute Gasteiger partial charge is 0.141 e. The lowest BCUT2D eigenvalue weighted by Crippen LogP contribution is -2.45. The molecule has 0 bridgehead atoms. The lowest BCUT2D eigenvalue weighted by Gasteiger charge is -2.36. The maximum atomic E-state index is 13.1. The van der Waals surface area contributed by atoms with Crippen LogP contribution in [-0.4, -0.2) is 23.8 Å². The van der Waals surface area contributed by atoms with Gasteiger partial charge in [-0.2, -0.15) is 0 Å². The van der Waals surface area contributed by atoms with Gasteiger partial charge in [0.1, 0.15) is 5.82 Å². The van der Waals surface area contributed by atoms with Crippen LogP contribution in [0.15, 0.2) is 18.2 Å². The van der Waals surface area contributed by atoms with Crippen LogP contribution in [0, 0.1) is 11.7 Å². The van der Waals surface area contributed by atoms with Crippen molar-refractivity contribution in [3.05, 3.63) is 34.6 Å². The molecule has 1 saturated heterocycles. The van der Waals surface area contributed by atoms with Crippen LogP contribution in [-0.2, 0) is 6.42 Å². The second-order valence-electron chi connectivity index (χ2n) is 5.33. The number of benzene rings is 1. The minimum absolute atomic E-state index is 0.116. The van der Waals surface area contributed by atoms with Crippen molar-refractivity contribution in [2.45, 2.75) is 31.8 Å². The Hall–Kier alpha value is -0.640. The Balaban J connectivity index is 2.08. The highest BCUT2D eigenvalue weighted by molar-refractivity contribution is 6.30. The van der Waals surface area contributed by atoms with Gasteiger partial charge >= 0.3 is 0 Å². The van der Waals surface area contributed by atoms with Gasteiger partial charge in [0.2, 0.25) is 0 Å². The van der Waals surface area contributed by atoms with Crippen molar-refractivity contribution >= 4 is 11.6 Å². The van der Waals surface area contributed by atoms with E-state index in [1.54, 1.807) is 12.1 Å². The fourth-order valence-electron chi connectivity index (χ4n) is 2.59. The lowest BCUT2D eigenvalue weighted by atomic mass is 9.79. The summed E-state index contributed by atoms with van der Waals surface area (Å²) in [5, 5.41) is 14.0. The van der Waals surface area contributed by atoms with Crippen molar-refractivity contribution in [3.8, 4) is 0 Å². The summed E-state index contributed by atoms with van der Waals surface area (Å²) >= 11 is 5.76. The third-order valence-corrected chi connectivity index (χ3v) is 4.01. The number of hydrogen-bond donors (Lipinski definition) is 2. The molecule has 2 unspecified atom stereocenters. The van der Waals surface area contributed by atoms with Crippen LogP contribution in [0.25, 0.3) is 0 Å². The van der Waals surface area contributed by atoms with Crippen LogP contribution in [0.1, 0.15) is 25.3 Å². The van der Waals surface area contributed by atoms with Crippen LogP contribution in [0.5, 0.6) is 0 Å². The monoisotopic (exact) mass is 271 g/mol. The number of rotatable bonds is 3. The van der Waals surface area contributed by atoms with Crippen LogP contribution < -0.4 is 5.32 Å². The molecule has 0 aliphatic carbocycles. The molecule has 1 aliphatic rings. The maximum Gasteiger partial charge on any atom is 0.141 e. The molecule has 1 aromatic carbocycles. The molecule has 0 aromatic heterocycles. The summed E-state index contributed by atoms with van der Waals surface area (Å²) in [6.45, 7) is 3.71. The lowest BCUT2D eigenvalue weighted by molar-refractivity contribution is -0.0102. The van der Waals surface area contributed by atoms with E-state index in [0.717, 1.165) is 31.5 Å². The summed E-state index contributed by atoms with van der Waals surface area (Å²) < 4.78 is 13.1. The van der Waals surface area contributed by atoms with E-state index in [1.807, 2.05) is 6.92 Å². The molecule has 2 rings (SSSR count). The molecule has 2 atom stereocenters. The van der Waals surface area contributed by atoms with Gasteiger partial charge in [0.05, 0.1) is 10.6 Å². The predicted octanol–water partition coefficient (Wildman–Crippen LogP) is 2.77. The van der Waals surface area contributed by atoms with Crippen molar-refractivity contribution in [3.63, 3.8) is 0 Å². The second-order valence-corrected chi connectivity index (χ2v) is 5.73. The first-order chi connectivity index (χ1) is 8.49. The van der Waals surface area contributed by atoms with E-state index in [-0.39, 0.29) is 10.9 Å². The number of hydrogen-bond acceptors (Lipinski definition) is 2. The van der Waals surface area contributed by atoms with E-state index < -0.39 is 11.4 Å². The molecule has 0 saturated carbocycles. The zero-order valence-electron chi connectivity index (χ0n) is 10.5. The molecular weight excluding hydrogens is 253 g/mol. The van der Waals surface area contributed by atoms with Gasteiger partial charge in [0.15, 0.2) is 0 Å². The quantitative estimate of drug-likeness (QED) is 0.886. The van der Waals surface area contributed by atoms with Gasteiger partial charge in [-0.15, -0.1) is 0 Å². The first kappa shape index (κ1) is 13.8. The molecular formula is C14H19ClFNO. The van der Waals surface area contributed by atoms with Gasteiger partial charge in [-0.05, 0) is 44.0 Å². The number of piperidine rings is 1. The molecule has 0 spiro atoms. The van der Waals surface area contributed by atoms with Crippen LogP contribution in [0.4, 0.5) is 4.39 Å². The van der Waals surface area contributed by atoms with Gasteiger partial charge < -0.3 is 10.4 Å². The summed E-state index contributed by atoms with van der Waals surface area (Å²) in [5.41, 5.74) is 0.0890. The van der Waals surface area contributed by atoms with Gasteiger partial charge in [-0.1, -0.05) is 17.7 Å². The van der Waals surface area contributed by atoms with Crippen LogP contribution in [0.2, 0.25) is 5.02 Å². The van der Waals surface area contributed by atoms with Crippen molar-refractivity contribution in [2.24, 2.45) is 5.92 Å². The molecule has 2 nitrogen and oxygen atoms in total. The van der Waals surface area contributed by atoms with Crippen molar-refractivity contribution in [1.82, 2.24) is 5.32 Å². The molecule has 2 N–H and O–H groups in total. The average Bonchev–Trinajstić information content (AvgIpc) is 2.35. The Bertz CT molecular complexity index is 416. The first-order valence-electron chi connectivity index (χ1n) is 6.36. The van der Waals surface area contributed by atoms with E-state index in [9.17, 15) is 9.50 Å². The van der Waals surface area contributed by atoms with E-state index in [2.05, 4.69) is 5.32 Å². The third-order valence-electron chi connectivity index (χ3n) is 3.72. The van der Waals surface area contributed by atoms with Crippen LogP contribution >= 0.6 is 11.6 Å². The topological polar surface area (TPSA) is 32.3 Å². The minimum atomic E-state index is -0.783. The minimum Gasteiger partial charge on any atom is -0.389 e. The average molecular weight is 272 g/mol. The highest BCUT2D eigenvalue weighted by Crippen LogP contribution is 2.28. The van der Waals surface area contributed by atoms with Gasteiger partial charge in [-0.25, -0.2) is 4.39 Å². The van der Waals surface area contributed by atoms with Gasteiger partial charge in [0.25, 0.3) is 0 Å². The highest BCUT2D eigenvalue weighted by atomic mass is 35.5. The first-order valence-corrected chi connectivity index (χ1v) is 6.74. The van der Waals surface area contributed by atoms with Crippen molar-refractivity contribution in [2.75, 3.05) is 13.1 Å². The Kier molecular flexibility index (Phi) is 4.25. The van der Waals surface area contributed by atoms with Crippen molar-refractivity contribution < 1.29 is 9.50 Å². The third kappa shape index (κ3) is 3.22. The Morgan fingerprint density at radius 2 is 2.33 bits per heavy atom. The standard InChI is InChI=1S/C14H19ClFNO/c1-14(18,11-3-2-6-17-9-11)8-10-4-5-13(16)12(15)7-10/h4-5,7,11,17-18H,2-3,6,8-9H2,1H3. The molecule has 1 aliphatic heterocycles. The molecule has 18 heavy (non-hydrogen) atoms. The normalized spacial score (nSPS) is 23.7. The zero-order chi connectivity index (χ0) is 13.2. The molecule has 4 heteroatoms. The highest BCUT2D eigenvalue weighted by Gasteiger charge is 2.32. The Morgan fingerprint density at radius 3 is 2.94 bits per heavy atom. The second kappa shape index (κ2) is 5.55. The summed E-state index contributed by atoms with van der Waals surface area (Å²) in [7, 11) is 0. The number of nitrogens with one attached hydrogen (secondary N) is 1. The summed E-state index contributed by atoms with van der Waals surface area (Å²) in [6, 6.07) is 4.64. The summed E-state index contributed by atoms with van der Waals surface area (Å²) in [4.78, 5) is 0. The van der Waals surface area contributed by atoms with E-state index in [4.69, 9.17) is 11.6 Å². The zero-order valence-corrected chi connectivity index (χ0v) is 11.3. The molecule has 1 aromatic rings. The van der Waals surface area contributed by atoms with Gasteiger partial charge in [0, 0.05) is 18.9 Å². The fraction of sp³-hybridized carbons (Fsp3) is 0.571. The largest absolute Gasteiger partial charge is 0.389 e. The summed E-state index contributed by atoms with van der Waals surface area (Å²) in [5.74, 6) is -0.186. The van der Waals surface area contributed by atoms with E-state index in [1.165, 1.54) is 6.07 Å². The van der Waals surface area contributed by atoms with E-state index >= 15 is 0 Å². The summed E-state index contributed by atoms with van der Waals surface area (Å²) in [6.07, 6.45) is 2.61. The number of halogens is 2. The maximum absolute atomic E-state index is 13.1. The van der Waals surface area contributed by atoms with Gasteiger partial charge in [-0.3, -0.25) is 0 Å².